The number of aryl methyl sites for hydroxylation is 1. The van der Waals surface area contributed by atoms with Crippen LogP contribution in [0.5, 0.6) is 0 Å². The Morgan fingerprint density at radius 1 is 1.50 bits per heavy atom. The van der Waals surface area contributed by atoms with Gasteiger partial charge in [-0.3, -0.25) is 0 Å². The molecule has 0 amide bonds. The molecule has 0 aliphatic carbocycles. The molecule has 0 spiro atoms. The van der Waals surface area contributed by atoms with Gasteiger partial charge in [-0.25, -0.2) is 4.98 Å². The molecule has 0 radical (unpaired) electrons. The van der Waals surface area contributed by atoms with Gasteiger partial charge in [0.05, 0.1) is 6.61 Å². The Morgan fingerprint density at radius 2 is 2.38 bits per heavy atom. The maximum atomic E-state index is 5.03. The highest BCUT2D eigenvalue weighted by Crippen LogP contribution is 2.18. The SMILES string of the molecule is CCc1cc(SCCOC)n2ncnc2n1. The van der Waals surface area contributed by atoms with Gasteiger partial charge in [0.2, 0.25) is 0 Å². The first-order chi connectivity index (χ1) is 7.85. The lowest BCUT2D eigenvalue weighted by Crippen LogP contribution is -2.01. The molecular formula is C10H14N4OS. The molecule has 6 heteroatoms. The van der Waals surface area contributed by atoms with Crippen LogP contribution in [0.2, 0.25) is 0 Å². The van der Waals surface area contributed by atoms with Gasteiger partial charge in [0, 0.05) is 18.6 Å². The summed E-state index contributed by atoms with van der Waals surface area (Å²) in [5, 5.41) is 5.22. The number of methoxy groups -OCH3 is 1. The van der Waals surface area contributed by atoms with Gasteiger partial charge in [0.1, 0.15) is 11.4 Å². The lowest BCUT2D eigenvalue weighted by atomic mass is 10.3. The molecule has 0 saturated carbocycles. The zero-order valence-corrected chi connectivity index (χ0v) is 10.2. The number of rotatable bonds is 5. The van der Waals surface area contributed by atoms with Crippen molar-refractivity contribution in [2.45, 2.75) is 18.4 Å². The Balaban J connectivity index is 2.29. The highest BCUT2D eigenvalue weighted by molar-refractivity contribution is 7.99. The number of thioether (sulfide) groups is 1. The standard InChI is InChI=1S/C10H14N4OS/c1-3-8-6-9(16-5-4-15-2)14-10(13-8)11-7-12-14/h6-7H,3-5H2,1-2H3. The highest BCUT2D eigenvalue weighted by Gasteiger charge is 2.06. The van der Waals surface area contributed by atoms with Crippen LogP contribution in [0.25, 0.3) is 5.78 Å². The van der Waals surface area contributed by atoms with Gasteiger partial charge >= 0.3 is 0 Å². The number of aromatic nitrogens is 4. The van der Waals surface area contributed by atoms with Crippen LogP contribution >= 0.6 is 11.8 Å². The topological polar surface area (TPSA) is 52.3 Å². The van der Waals surface area contributed by atoms with Crippen molar-refractivity contribution in [3.8, 4) is 0 Å². The summed E-state index contributed by atoms with van der Waals surface area (Å²) in [5.74, 6) is 1.57. The zero-order valence-electron chi connectivity index (χ0n) is 9.38. The number of nitrogens with zero attached hydrogens (tertiary/aromatic N) is 4. The van der Waals surface area contributed by atoms with Gasteiger partial charge in [-0.15, -0.1) is 11.8 Å². The summed E-state index contributed by atoms with van der Waals surface area (Å²) in [6, 6.07) is 2.06. The first-order valence-electron chi connectivity index (χ1n) is 5.16. The maximum absolute atomic E-state index is 5.03. The van der Waals surface area contributed by atoms with Crippen LogP contribution in [-0.4, -0.2) is 39.1 Å². The first kappa shape index (κ1) is 11.3. The van der Waals surface area contributed by atoms with Crippen molar-refractivity contribution in [2.24, 2.45) is 0 Å². The number of hydrogen-bond acceptors (Lipinski definition) is 5. The molecule has 0 bridgehead atoms. The van der Waals surface area contributed by atoms with Crippen molar-refractivity contribution in [2.75, 3.05) is 19.5 Å². The van der Waals surface area contributed by atoms with E-state index < -0.39 is 0 Å². The fourth-order valence-corrected chi connectivity index (χ4v) is 2.27. The van der Waals surface area contributed by atoms with Crippen LogP contribution in [0.15, 0.2) is 17.4 Å². The maximum Gasteiger partial charge on any atom is 0.253 e. The second-order valence-corrected chi connectivity index (χ2v) is 4.37. The molecule has 2 rings (SSSR count). The van der Waals surface area contributed by atoms with Crippen molar-refractivity contribution in [3.63, 3.8) is 0 Å². The summed E-state index contributed by atoms with van der Waals surface area (Å²) in [4.78, 5) is 8.50. The zero-order chi connectivity index (χ0) is 11.4. The quantitative estimate of drug-likeness (QED) is 0.448. The van der Waals surface area contributed by atoms with Crippen molar-refractivity contribution < 1.29 is 4.74 Å². The molecule has 2 aromatic rings. The van der Waals surface area contributed by atoms with Gasteiger partial charge in [-0.2, -0.15) is 14.6 Å². The molecular weight excluding hydrogens is 224 g/mol. The van der Waals surface area contributed by atoms with Crippen molar-refractivity contribution in [1.82, 2.24) is 19.6 Å². The van der Waals surface area contributed by atoms with Crippen molar-refractivity contribution in [1.29, 1.82) is 0 Å². The smallest absolute Gasteiger partial charge is 0.253 e. The molecule has 5 nitrogen and oxygen atoms in total. The lowest BCUT2D eigenvalue weighted by Gasteiger charge is -2.05. The Bertz CT molecular complexity index is 471. The number of hydrogen-bond donors (Lipinski definition) is 0. The predicted octanol–water partition coefficient (Wildman–Crippen LogP) is 1.43. The Hall–Kier alpha value is -1.14. The van der Waals surface area contributed by atoms with Crippen LogP contribution < -0.4 is 0 Å². The van der Waals surface area contributed by atoms with E-state index in [1.54, 1.807) is 23.4 Å². The molecule has 86 valence electrons. The highest BCUT2D eigenvalue weighted by atomic mass is 32.2. The van der Waals surface area contributed by atoms with E-state index >= 15 is 0 Å². The summed E-state index contributed by atoms with van der Waals surface area (Å²) in [6.45, 7) is 2.81. The molecule has 0 aromatic carbocycles. The Morgan fingerprint density at radius 3 is 3.12 bits per heavy atom. The van der Waals surface area contributed by atoms with E-state index in [-0.39, 0.29) is 0 Å². The summed E-state index contributed by atoms with van der Waals surface area (Å²) >= 11 is 1.70. The Kier molecular flexibility index (Phi) is 3.74. The van der Waals surface area contributed by atoms with Crippen molar-refractivity contribution in [3.05, 3.63) is 18.1 Å². The molecule has 2 heterocycles. The number of fused-ring (bicyclic) bond motifs is 1. The summed E-state index contributed by atoms with van der Waals surface area (Å²) < 4.78 is 6.80. The van der Waals surface area contributed by atoms with Gasteiger partial charge in [-0.1, -0.05) is 6.92 Å². The van der Waals surface area contributed by atoms with Gasteiger partial charge in [0.15, 0.2) is 0 Å². The molecule has 0 N–H and O–H groups in total. The number of ether oxygens (including phenoxy) is 1. The molecule has 16 heavy (non-hydrogen) atoms. The van der Waals surface area contributed by atoms with Crippen LogP contribution in [0.1, 0.15) is 12.6 Å². The van der Waals surface area contributed by atoms with Crippen LogP contribution in [-0.2, 0) is 11.2 Å². The van der Waals surface area contributed by atoms with Crippen LogP contribution in [0, 0.1) is 0 Å². The lowest BCUT2D eigenvalue weighted by molar-refractivity contribution is 0.218. The molecule has 0 aliphatic heterocycles. The minimum absolute atomic E-state index is 0.666. The van der Waals surface area contributed by atoms with Crippen LogP contribution in [0.4, 0.5) is 0 Å². The van der Waals surface area contributed by atoms with Gasteiger partial charge < -0.3 is 4.74 Å². The third-order valence-corrected chi connectivity index (χ3v) is 3.13. The average molecular weight is 238 g/mol. The molecule has 0 fully saturated rings. The van der Waals surface area contributed by atoms with E-state index in [9.17, 15) is 0 Å². The third-order valence-electron chi connectivity index (χ3n) is 2.17. The molecule has 0 atom stereocenters. The van der Waals surface area contributed by atoms with E-state index in [0.717, 1.165) is 29.5 Å². The fraction of sp³-hybridized carbons (Fsp3) is 0.500. The molecule has 0 saturated heterocycles. The minimum atomic E-state index is 0.666. The monoisotopic (exact) mass is 238 g/mol. The van der Waals surface area contributed by atoms with Crippen molar-refractivity contribution >= 4 is 17.5 Å². The molecule has 2 aromatic heterocycles. The van der Waals surface area contributed by atoms with Gasteiger partial charge in [-0.05, 0) is 12.5 Å². The summed E-state index contributed by atoms with van der Waals surface area (Å²) in [7, 11) is 1.70. The van der Waals surface area contributed by atoms with E-state index in [0.29, 0.717) is 5.78 Å². The third kappa shape index (κ3) is 2.33. The summed E-state index contributed by atoms with van der Waals surface area (Å²) in [6.07, 6.45) is 2.43. The van der Waals surface area contributed by atoms with Crippen LogP contribution in [0.3, 0.4) is 0 Å². The fourth-order valence-electron chi connectivity index (χ4n) is 1.35. The largest absolute Gasteiger partial charge is 0.384 e. The summed E-state index contributed by atoms with van der Waals surface area (Å²) in [5.41, 5.74) is 1.04. The normalized spacial score (nSPS) is 11.1. The van der Waals surface area contributed by atoms with E-state index in [4.69, 9.17) is 4.74 Å². The molecule has 0 aliphatic rings. The predicted molar refractivity (Wildman–Crippen MR) is 62.8 cm³/mol. The van der Waals surface area contributed by atoms with Gasteiger partial charge in [0.25, 0.3) is 5.78 Å². The Labute approximate surface area is 98.2 Å². The second-order valence-electron chi connectivity index (χ2n) is 3.25. The average Bonchev–Trinajstić information content (AvgIpc) is 2.77. The van der Waals surface area contributed by atoms with E-state index in [1.165, 1.54) is 6.33 Å². The van der Waals surface area contributed by atoms with E-state index in [1.807, 2.05) is 0 Å². The first-order valence-corrected chi connectivity index (χ1v) is 6.15. The molecule has 0 unspecified atom stereocenters. The van der Waals surface area contributed by atoms with E-state index in [2.05, 4.69) is 28.1 Å². The minimum Gasteiger partial charge on any atom is -0.384 e. The second kappa shape index (κ2) is 5.27.